The van der Waals surface area contributed by atoms with Gasteiger partial charge in [-0.15, -0.1) is 12.6 Å². The fraction of sp³-hybridized carbons (Fsp3) is 0.0714. The number of benzene rings is 1. The van der Waals surface area contributed by atoms with E-state index in [4.69, 9.17) is 0 Å². The first-order chi connectivity index (χ1) is 8.79. The maximum absolute atomic E-state index is 12.7. The van der Waals surface area contributed by atoms with Crippen LogP contribution in [-0.4, -0.2) is 9.55 Å². The molecule has 0 fully saturated rings. The first-order valence-corrected chi connectivity index (χ1v) is 6.06. The van der Waals surface area contributed by atoms with Gasteiger partial charge in [-0.25, -0.2) is 9.37 Å². The van der Waals surface area contributed by atoms with Crippen molar-refractivity contribution >= 4 is 23.5 Å². The quantitative estimate of drug-likeness (QED) is 0.692. The van der Waals surface area contributed by atoms with E-state index in [1.807, 2.05) is 41.0 Å². The molecule has 0 saturated heterocycles. The summed E-state index contributed by atoms with van der Waals surface area (Å²) in [5.41, 5.74) is 1.45. The summed E-state index contributed by atoms with van der Waals surface area (Å²) < 4.78 is 14.6. The molecule has 0 N–H and O–H groups in total. The van der Waals surface area contributed by atoms with E-state index in [2.05, 4.69) is 17.6 Å². The van der Waals surface area contributed by atoms with Crippen LogP contribution in [0.4, 0.5) is 4.39 Å². The standard InChI is InChI=1S/C14H11FN2S/c15-9-11-5-3-7-13(16-11)17-12-6-2-1-4-10(12)8-14(17)18/h1-8,18H,9H2. The molecule has 0 unspecified atom stereocenters. The second kappa shape index (κ2) is 4.46. The molecule has 90 valence electrons. The number of thiol groups is 1. The number of nitrogens with zero attached hydrogens (tertiary/aromatic N) is 2. The van der Waals surface area contributed by atoms with Crippen LogP contribution in [0, 0.1) is 0 Å². The Hall–Kier alpha value is -1.81. The molecule has 18 heavy (non-hydrogen) atoms. The molecular weight excluding hydrogens is 247 g/mol. The summed E-state index contributed by atoms with van der Waals surface area (Å²) in [5.74, 6) is 0.691. The summed E-state index contributed by atoms with van der Waals surface area (Å²) in [6.07, 6.45) is 0. The van der Waals surface area contributed by atoms with Gasteiger partial charge in [-0.2, -0.15) is 0 Å². The Labute approximate surface area is 109 Å². The van der Waals surface area contributed by atoms with Crippen molar-refractivity contribution in [3.63, 3.8) is 0 Å². The fourth-order valence-corrected chi connectivity index (χ4v) is 2.40. The third kappa shape index (κ3) is 1.78. The maximum Gasteiger partial charge on any atom is 0.138 e. The molecule has 3 rings (SSSR count). The lowest BCUT2D eigenvalue weighted by molar-refractivity contribution is 0.475. The number of pyridine rings is 1. The minimum Gasteiger partial charge on any atom is -0.289 e. The van der Waals surface area contributed by atoms with Crippen molar-refractivity contribution < 1.29 is 4.39 Å². The predicted octanol–water partition coefficient (Wildman–Crippen LogP) is 3.78. The van der Waals surface area contributed by atoms with Crippen LogP contribution < -0.4 is 0 Å². The molecule has 0 aliphatic heterocycles. The second-order valence-electron chi connectivity index (χ2n) is 4.02. The van der Waals surface area contributed by atoms with Crippen LogP contribution in [0.3, 0.4) is 0 Å². The van der Waals surface area contributed by atoms with Crippen molar-refractivity contribution in [1.29, 1.82) is 0 Å². The van der Waals surface area contributed by atoms with Gasteiger partial charge in [0.25, 0.3) is 0 Å². The molecule has 0 radical (unpaired) electrons. The van der Waals surface area contributed by atoms with Gasteiger partial charge in [0.1, 0.15) is 12.5 Å². The highest BCUT2D eigenvalue weighted by Crippen LogP contribution is 2.25. The molecule has 3 aromatic rings. The van der Waals surface area contributed by atoms with Crippen molar-refractivity contribution in [3.05, 3.63) is 54.2 Å². The Bertz CT molecular complexity index is 706. The van der Waals surface area contributed by atoms with Gasteiger partial charge in [-0.05, 0) is 24.3 Å². The minimum atomic E-state index is -0.561. The number of alkyl halides is 1. The summed E-state index contributed by atoms with van der Waals surface area (Å²) in [5, 5.41) is 1.88. The highest BCUT2D eigenvalue weighted by atomic mass is 32.1. The second-order valence-corrected chi connectivity index (χ2v) is 4.48. The summed E-state index contributed by atoms with van der Waals surface area (Å²) in [6.45, 7) is -0.561. The molecular formula is C14H11FN2S. The van der Waals surface area contributed by atoms with Gasteiger partial charge in [-0.3, -0.25) is 4.57 Å². The Morgan fingerprint density at radius 1 is 1.11 bits per heavy atom. The van der Waals surface area contributed by atoms with Crippen LogP contribution in [0.25, 0.3) is 16.7 Å². The molecule has 4 heteroatoms. The number of fused-ring (bicyclic) bond motifs is 1. The molecule has 2 heterocycles. The van der Waals surface area contributed by atoms with Crippen molar-refractivity contribution in [2.45, 2.75) is 11.7 Å². The monoisotopic (exact) mass is 258 g/mol. The lowest BCUT2D eigenvalue weighted by Crippen LogP contribution is -1.99. The van der Waals surface area contributed by atoms with Gasteiger partial charge in [0.05, 0.1) is 16.2 Å². The highest BCUT2D eigenvalue weighted by molar-refractivity contribution is 7.80. The Morgan fingerprint density at radius 2 is 1.94 bits per heavy atom. The molecule has 0 saturated carbocycles. The van der Waals surface area contributed by atoms with Crippen LogP contribution in [0.15, 0.2) is 53.6 Å². The van der Waals surface area contributed by atoms with E-state index in [0.29, 0.717) is 11.5 Å². The average molecular weight is 258 g/mol. The van der Waals surface area contributed by atoms with Crippen LogP contribution in [-0.2, 0) is 6.67 Å². The average Bonchev–Trinajstić information content (AvgIpc) is 2.74. The van der Waals surface area contributed by atoms with Crippen molar-refractivity contribution in [3.8, 4) is 5.82 Å². The van der Waals surface area contributed by atoms with E-state index in [1.54, 1.807) is 12.1 Å². The Kier molecular flexibility index (Phi) is 2.80. The van der Waals surface area contributed by atoms with Crippen molar-refractivity contribution in [2.24, 2.45) is 0 Å². The SMILES string of the molecule is FCc1cccc(-n2c(S)cc3ccccc32)n1. The molecule has 2 aromatic heterocycles. The summed E-state index contributed by atoms with van der Waals surface area (Å²) in [6, 6.07) is 15.3. The molecule has 0 aliphatic rings. The zero-order chi connectivity index (χ0) is 12.5. The van der Waals surface area contributed by atoms with E-state index in [9.17, 15) is 4.39 Å². The first kappa shape index (κ1) is 11.3. The molecule has 0 spiro atoms. The maximum atomic E-state index is 12.7. The van der Waals surface area contributed by atoms with Gasteiger partial charge in [0.15, 0.2) is 0 Å². The molecule has 0 aliphatic carbocycles. The van der Waals surface area contributed by atoms with Crippen LogP contribution in [0.1, 0.15) is 5.69 Å². The zero-order valence-electron chi connectivity index (χ0n) is 9.55. The van der Waals surface area contributed by atoms with Gasteiger partial charge in [0.2, 0.25) is 0 Å². The topological polar surface area (TPSA) is 17.8 Å². The highest BCUT2D eigenvalue weighted by Gasteiger charge is 2.08. The van der Waals surface area contributed by atoms with E-state index >= 15 is 0 Å². The first-order valence-electron chi connectivity index (χ1n) is 5.61. The molecule has 0 bridgehead atoms. The van der Waals surface area contributed by atoms with Crippen molar-refractivity contribution in [1.82, 2.24) is 9.55 Å². The molecule has 2 nitrogen and oxygen atoms in total. The number of rotatable bonds is 2. The van der Waals surface area contributed by atoms with Gasteiger partial charge in [0, 0.05) is 5.39 Å². The molecule has 0 atom stereocenters. The number of aromatic nitrogens is 2. The van der Waals surface area contributed by atoms with E-state index in [-0.39, 0.29) is 0 Å². The van der Waals surface area contributed by atoms with Gasteiger partial charge < -0.3 is 0 Å². The third-order valence-electron chi connectivity index (χ3n) is 2.85. The summed E-state index contributed by atoms with van der Waals surface area (Å²) in [4.78, 5) is 4.28. The lowest BCUT2D eigenvalue weighted by atomic mass is 10.2. The third-order valence-corrected chi connectivity index (χ3v) is 3.18. The largest absolute Gasteiger partial charge is 0.289 e. The number of para-hydroxylation sites is 1. The number of hydrogen-bond acceptors (Lipinski definition) is 2. The number of hydrogen-bond donors (Lipinski definition) is 1. The number of halogens is 1. The van der Waals surface area contributed by atoms with E-state index < -0.39 is 6.67 Å². The molecule has 1 aromatic carbocycles. The summed E-state index contributed by atoms with van der Waals surface area (Å²) in [7, 11) is 0. The van der Waals surface area contributed by atoms with Crippen LogP contribution in [0.5, 0.6) is 0 Å². The van der Waals surface area contributed by atoms with E-state index in [1.165, 1.54) is 0 Å². The van der Waals surface area contributed by atoms with Crippen LogP contribution >= 0.6 is 12.6 Å². The fourth-order valence-electron chi connectivity index (χ4n) is 2.05. The van der Waals surface area contributed by atoms with Crippen molar-refractivity contribution in [2.75, 3.05) is 0 Å². The normalized spacial score (nSPS) is 11.0. The minimum absolute atomic E-state index is 0.429. The summed E-state index contributed by atoms with van der Waals surface area (Å²) >= 11 is 4.46. The van der Waals surface area contributed by atoms with E-state index in [0.717, 1.165) is 15.9 Å². The Morgan fingerprint density at radius 3 is 2.78 bits per heavy atom. The zero-order valence-corrected chi connectivity index (χ0v) is 10.4. The lowest BCUT2D eigenvalue weighted by Gasteiger charge is -2.07. The Balaban J connectivity index is 2.27. The predicted molar refractivity (Wildman–Crippen MR) is 73.1 cm³/mol. The van der Waals surface area contributed by atoms with Crippen LogP contribution in [0.2, 0.25) is 0 Å². The van der Waals surface area contributed by atoms with Gasteiger partial charge >= 0.3 is 0 Å². The smallest absolute Gasteiger partial charge is 0.138 e. The van der Waals surface area contributed by atoms with Gasteiger partial charge in [-0.1, -0.05) is 24.3 Å². The molecule has 0 amide bonds.